The summed E-state index contributed by atoms with van der Waals surface area (Å²) >= 11 is 0. The molecule has 4 rings (SSSR count). The molecule has 0 radical (unpaired) electrons. The van der Waals surface area contributed by atoms with Crippen molar-refractivity contribution in [1.82, 2.24) is 25.4 Å². The Labute approximate surface area is 149 Å². The highest BCUT2D eigenvalue weighted by Gasteiger charge is 2.57. The molecule has 3 aliphatic rings. The monoisotopic (exact) mass is 346 g/mol. The van der Waals surface area contributed by atoms with Gasteiger partial charge in [0.05, 0.1) is 12.6 Å². The summed E-state index contributed by atoms with van der Waals surface area (Å²) in [6.07, 6.45) is 10.4. The number of ether oxygens (including phenoxy) is 1. The van der Waals surface area contributed by atoms with Gasteiger partial charge in [0.25, 0.3) is 0 Å². The maximum atomic E-state index is 6.02. The van der Waals surface area contributed by atoms with Crippen LogP contribution in [0.25, 0.3) is 0 Å². The molecular weight excluding hydrogens is 316 g/mol. The normalized spacial score (nSPS) is 30.8. The number of fused-ring (bicyclic) bond motifs is 1. The molecule has 2 aliphatic carbocycles. The lowest BCUT2D eigenvalue weighted by molar-refractivity contribution is -0.125. The van der Waals surface area contributed by atoms with Crippen LogP contribution in [-0.2, 0) is 17.7 Å². The summed E-state index contributed by atoms with van der Waals surface area (Å²) in [5.74, 6) is 2.00. The molecule has 2 N–H and O–H groups in total. The van der Waals surface area contributed by atoms with E-state index in [0.717, 1.165) is 44.2 Å². The van der Waals surface area contributed by atoms with E-state index in [1.807, 2.05) is 11.7 Å². The van der Waals surface area contributed by atoms with E-state index in [-0.39, 0.29) is 0 Å². The highest BCUT2D eigenvalue weighted by Crippen LogP contribution is 2.54. The van der Waals surface area contributed by atoms with E-state index in [2.05, 4.69) is 32.6 Å². The Morgan fingerprint density at radius 2 is 2.24 bits per heavy atom. The van der Waals surface area contributed by atoms with E-state index in [1.165, 1.54) is 25.7 Å². The molecule has 2 saturated carbocycles. The van der Waals surface area contributed by atoms with Crippen molar-refractivity contribution in [2.75, 3.05) is 13.7 Å². The molecule has 0 saturated heterocycles. The number of aryl methyl sites for hydroxylation is 1. The fourth-order valence-corrected chi connectivity index (χ4v) is 4.97. The van der Waals surface area contributed by atoms with Crippen LogP contribution in [0.4, 0.5) is 0 Å². The molecule has 1 spiro atoms. The number of aromatic nitrogens is 3. The Bertz CT molecular complexity index is 621. The molecule has 2 heterocycles. The van der Waals surface area contributed by atoms with E-state index in [1.54, 1.807) is 6.33 Å². The van der Waals surface area contributed by atoms with Crippen LogP contribution in [0.3, 0.4) is 0 Å². The van der Waals surface area contributed by atoms with Crippen molar-refractivity contribution in [3.63, 3.8) is 0 Å². The third-order valence-electron chi connectivity index (χ3n) is 6.37. The van der Waals surface area contributed by atoms with Crippen molar-refractivity contribution >= 4 is 5.96 Å². The van der Waals surface area contributed by atoms with Crippen molar-refractivity contribution in [2.45, 2.75) is 76.6 Å². The van der Waals surface area contributed by atoms with Gasteiger partial charge in [0.2, 0.25) is 0 Å². The van der Waals surface area contributed by atoms with Crippen molar-refractivity contribution < 1.29 is 4.74 Å². The van der Waals surface area contributed by atoms with Crippen molar-refractivity contribution in [1.29, 1.82) is 0 Å². The van der Waals surface area contributed by atoms with E-state index in [4.69, 9.17) is 4.74 Å². The van der Waals surface area contributed by atoms with Crippen LogP contribution in [0.15, 0.2) is 11.3 Å². The maximum Gasteiger partial charge on any atom is 0.191 e. The first-order valence-electron chi connectivity index (χ1n) is 9.73. The fourth-order valence-electron chi connectivity index (χ4n) is 4.97. The molecule has 138 valence electrons. The van der Waals surface area contributed by atoms with Gasteiger partial charge in [-0.2, -0.15) is 5.10 Å². The molecule has 1 aromatic rings. The molecule has 1 aromatic heterocycles. The molecule has 0 amide bonds. The highest BCUT2D eigenvalue weighted by molar-refractivity contribution is 5.80. The first-order valence-corrected chi connectivity index (χ1v) is 9.73. The molecule has 25 heavy (non-hydrogen) atoms. The Morgan fingerprint density at radius 1 is 1.40 bits per heavy atom. The summed E-state index contributed by atoms with van der Waals surface area (Å²) in [7, 11) is 1.86. The number of nitrogens with one attached hydrogen (secondary N) is 2. The molecule has 1 aliphatic heterocycles. The third-order valence-corrected chi connectivity index (χ3v) is 6.37. The fraction of sp³-hybridized carbons (Fsp3) is 0.833. The summed E-state index contributed by atoms with van der Waals surface area (Å²) < 4.78 is 8.02. The maximum absolute atomic E-state index is 6.02. The van der Waals surface area contributed by atoms with Crippen molar-refractivity contribution in [2.24, 2.45) is 10.4 Å². The van der Waals surface area contributed by atoms with Crippen molar-refractivity contribution in [3.8, 4) is 0 Å². The van der Waals surface area contributed by atoms with E-state index in [0.29, 0.717) is 23.6 Å². The van der Waals surface area contributed by atoms with Crippen LogP contribution in [0, 0.1) is 5.41 Å². The molecule has 2 fully saturated rings. The van der Waals surface area contributed by atoms with Crippen LogP contribution in [0.2, 0.25) is 0 Å². The van der Waals surface area contributed by atoms with Gasteiger partial charge < -0.3 is 15.4 Å². The Kier molecular flexibility index (Phi) is 4.67. The second kappa shape index (κ2) is 6.94. The number of nitrogens with zero attached hydrogens (tertiary/aromatic N) is 4. The number of guanidine groups is 1. The predicted molar refractivity (Wildman–Crippen MR) is 96.5 cm³/mol. The minimum atomic E-state index is 0.319. The summed E-state index contributed by atoms with van der Waals surface area (Å²) in [5.41, 5.74) is 0.319. The summed E-state index contributed by atoms with van der Waals surface area (Å²) in [5, 5.41) is 11.6. The average molecular weight is 346 g/mol. The van der Waals surface area contributed by atoms with E-state index in [9.17, 15) is 0 Å². The van der Waals surface area contributed by atoms with Gasteiger partial charge >= 0.3 is 0 Å². The number of aliphatic imine (C=N–C) groups is 1. The zero-order chi connectivity index (χ0) is 17.3. The van der Waals surface area contributed by atoms with Crippen LogP contribution in [-0.4, -0.2) is 52.6 Å². The summed E-state index contributed by atoms with van der Waals surface area (Å²) in [6, 6.07) is 0.825. The Morgan fingerprint density at radius 3 is 3.00 bits per heavy atom. The average Bonchev–Trinajstić information content (AvgIpc) is 3.30. The van der Waals surface area contributed by atoms with Gasteiger partial charge in [-0.3, -0.25) is 4.99 Å². The molecule has 3 unspecified atom stereocenters. The van der Waals surface area contributed by atoms with Gasteiger partial charge in [-0.15, -0.1) is 0 Å². The molecule has 0 aromatic carbocycles. The van der Waals surface area contributed by atoms with Gasteiger partial charge in [0.1, 0.15) is 12.2 Å². The summed E-state index contributed by atoms with van der Waals surface area (Å²) in [6.45, 7) is 3.77. The van der Waals surface area contributed by atoms with Crippen LogP contribution >= 0.6 is 0 Å². The predicted octanol–water partition coefficient (Wildman–Crippen LogP) is 1.50. The second-order valence-electron chi connectivity index (χ2n) is 7.63. The topological polar surface area (TPSA) is 76.4 Å². The van der Waals surface area contributed by atoms with Crippen LogP contribution < -0.4 is 10.6 Å². The third kappa shape index (κ3) is 3.03. The van der Waals surface area contributed by atoms with Crippen LogP contribution in [0.5, 0.6) is 0 Å². The van der Waals surface area contributed by atoms with Crippen molar-refractivity contribution in [3.05, 3.63) is 12.2 Å². The lowest BCUT2D eigenvalue weighted by atomic mass is 9.60. The highest BCUT2D eigenvalue weighted by atomic mass is 16.5. The number of rotatable bonds is 4. The Hall–Kier alpha value is -1.63. The lowest BCUT2D eigenvalue weighted by Gasteiger charge is -2.54. The Balaban J connectivity index is 1.36. The number of hydrogen-bond donors (Lipinski definition) is 2. The largest absolute Gasteiger partial charge is 0.378 e. The minimum absolute atomic E-state index is 0.319. The van der Waals surface area contributed by atoms with E-state index >= 15 is 0 Å². The standard InChI is InChI=1S/C18H30N6O/c1-3-25-15-10-14(18(15)8-4-5-9-18)23-17(19-2)22-13-6-7-16-20-12-21-24(16)11-13/h12-15H,3-11H2,1-2H3,(H2,19,22,23). The SMILES string of the molecule is CCOC1CC(NC(=NC)NC2CCc3ncnn3C2)C12CCCC2. The van der Waals surface area contributed by atoms with Gasteiger partial charge in [-0.1, -0.05) is 12.8 Å². The lowest BCUT2D eigenvalue weighted by Crippen LogP contribution is -2.65. The van der Waals surface area contributed by atoms with Gasteiger partial charge in [0, 0.05) is 37.6 Å². The zero-order valence-electron chi connectivity index (χ0n) is 15.4. The first-order chi connectivity index (χ1) is 12.2. The molecular formula is C18H30N6O. The molecule has 7 heteroatoms. The summed E-state index contributed by atoms with van der Waals surface area (Å²) in [4.78, 5) is 8.78. The minimum Gasteiger partial charge on any atom is -0.378 e. The molecule has 0 bridgehead atoms. The first kappa shape index (κ1) is 16.8. The number of hydrogen-bond acceptors (Lipinski definition) is 4. The smallest absolute Gasteiger partial charge is 0.191 e. The zero-order valence-corrected chi connectivity index (χ0v) is 15.4. The van der Waals surface area contributed by atoms with Gasteiger partial charge in [-0.25, -0.2) is 9.67 Å². The second-order valence-corrected chi connectivity index (χ2v) is 7.63. The van der Waals surface area contributed by atoms with Gasteiger partial charge in [-0.05, 0) is 32.6 Å². The van der Waals surface area contributed by atoms with E-state index < -0.39 is 0 Å². The molecule has 3 atom stereocenters. The quantitative estimate of drug-likeness (QED) is 0.638. The molecule has 7 nitrogen and oxygen atoms in total. The van der Waals surface area contributed by atoms with Gasteiger partial charge in [0.15, 0.2) is 5.96 Å². The van der Waals surface area contributed by atoms with Crippen LogP contribution in [0.1, 0.15) is 51.3 Å².